The average Bonchev–Trinajstić information content (AvgIpc) is 3.33. The third-order valence-electron chi connectivity index (χ3n) is 3.90. The number of carbonyl (C=O) groups excluding carboxylic acids is 1. The summed E-state index contributed by atoms with van der Waals surface area (Å²) in [5, 5.41) is 20.0. The standard InChI is InChI=1S/C19H18N6O3S/c1-3-27-14-6-4-13(5-7-14)19-22-21-15-8-9-18(23-25(15)19)29-11-16(26)20-17-10-12(2)24-28-17/h4-10H,3,11H2,1-2H3,(H,20,26). The zero-order valence-corrected chi connectivity index (χ0v) is 16.6. The number of hydrogen-bond donors (Lipinski definition) is 1. The van der Waals surface area contributed by atoms with Gasteiger partial charge in [0, 0.05) is 11.6 Å². The Morgan fingerprint density at radius 1 is 1.21 bits per heavy atom. The summed E-state index contributed by atoms with van der Waals surface area (Å²) < 4.78 is 12.1. The van der Waals surface area contributed by atoms with Crippen LogP contribution in [-0.2, 0) is 4.79 Å². The van der Waals surface area contributed by atoms with Crippen LogP contribution in [-0.4, -0.2) is 43.2 Å². The molecule has 3 heterocycles. The molecule has 1 amide bonds. The van der Waals surface area contributed by atoms with Crippen molar-refractivity contribution in [2.24, 2.45) is 0 Å². The highest BCUT2D eigenvalue weighted by Crippen LogP contribution is 2.23. The SMILES string of the molecule is CCOc1ccc(-c2nnc3ccc(SCC(=O)Nc4cc(C)no4)nn23)cc1. The van der Waals surface area contributed by atoms with E-state index < -0.39 is 0 Å². The molecule has 4 aromatic rings. The molecule has 0 spiro atoms. The number of nitrogens with zero attached hydrogens (tertiary/aromatic N) is 5. The monoisotopic (exact) mass is 410 g/mol. The Morgan fingerprint density at radius 2 is 2.03 bits per heavy atom. The molecule has 1 aromatic carbocycles. The molecule has 10 heteroatoms. The van der Waals surface area contributed by atoms with Crippen molar-refractivity contribution in [1.29, 1.82) is 0 Å². The van der Waals surface area contributed by atoms with Crippen molar-refractivity contribution in [3.8, 4) is 17.1 Å². The quantitative estimate of drug-likeness (QED) is 0.463. The third-order valence-corrected chi connectivity index (χ3v) is 4.82. The van der Waals surface area contributed by atoms with Crippen LogP contribution in [0.15, 0.2) is 52.0 Å². The van der Waals surface area contributed by atoms with Gasteiger partial charge >= 0.3 is 0 Å². The minimum atomic E-state index is -0.205. The van der Waals surface area contributed by atoms with Crippen molar-refractivity contribution < 1.29 is 14.1 Å². The average molecular weight is 410 g/mol. The Bertz CT molecular complexity index is 1140. The van der Waals surface area contributed by atoms with Crippen molar-refractivity contribution in [2.45, 2.75) is 18.9 Å². The summed E-state index contributed by atoms with van der Waals surface area (Å²) in [6.07, 6.45) is 0. The molecular weight excluding hydrogens is 392 g/mol. The number of rotatable bonds is 7. The van der Waals surface area contributed by atoms with E-state index in [-0.39, 0.29) is 11.7 Å². The molecule has 0 unspecified atom stereocenters. The first-order chi connectivity index (χ1) is 14.1. The van der Waals surface area contributed by atoms with Crippen LogP contribution in [0.25, 0.3) is 17.0 Å². The van der Waals surface area contributed by atoms with Crippen LogP contribution >= 0.6 is 11.8 Å². The summed E-state index contributed by atoms with van der Waals surface area (Å²) >= 11 is 1.30. The first-order valence-electron chi connectivity index (χ1n) is 8.94. The van der Waals surface area contributed by atoms with Crippen LogP contribution in [0.1, 0.15) is 12.6 Å². The number of amides is 1. The highest BCUT2D eigenvalue weighted by atomic mass is 32.2. The lowest BCUT2D eigenvalue weighted by atomic mass is 10.2. The van der Waals surface area contributed by atoms with E-state index in [2.05, 4.69) is 25.8 Å². The predicted octanol–water partition coefficient (Wildman–Crippen LogP) is 3.22. The second-order valence-electron chi connectivity index (χ2n) is 6.09. The van der Waals surface area contributed by atoms with Crippen molar-refractivity contribution in [1.82, 2.24) is 25.0 Å². The molecule has 29 heavy (non-hydrogen) atoms. The van der Waals surface area contributed by atoms with Gasteiger partial charge in [0.15, 0.2) is 11.5 Å². The van der Waals surface area contributed by atoms with Crippen LogP contribution in [0.2, 0.25) is 0 Å². The number of thioether (sulfide) groups is 1. The van der Waals surface area contributed by atoms with Crippen molar-refractivity contribution >= 4 is 29.2 Å². The zero-order valence-electron chi connectivity index (χ0n) is 15.8. The van der Waals surface area contributed by atoms with E-state index in [1.807, 2.05) is 43.3 Å². The summed E-state index contributed by atoms with van der Waals surface area (Å²) in [5.74, 6) is 1.71. The zero-order chi connectivity index (χ0) is 20.2. The van der Waals surface area contributed by atoms with E-state index in [4.69, 9.17) is 9.26 Å². The first-order valence-corrected chi connectivity index (χ1v) is 9.92. The van der Waals surface area contributed by atoms with Gasteiger partial charge in [-0.2, -0.15) is 9.61 Å². The molecule has 0 atom stereocenters. The topological polar surface area (TPSA) is 107 Å². The molecule has 0 aliphatic rings. The highest BCUT2D eigenvalue weighted by molar-refractivity contribution is 7.99. The van der Waals surface area contributed by atoms with Gasteiger partial charge in [-0.15, -0.1) is 10.2 Å². The first kappa shape index (κ1) is 18.9. The molecule has 4 rings (SSSR count). The highest BCUT2D eigenvalue weighted by Gasteiger charge is 2.12. The molecule has 0 radical (unpaired) electrons. The largest absolute Gasteiger partial charge is 0.494 e. The summed E-state index contributed by atoms with van der Waals surface area (Å²) in [6.45, 7) is 4.34. The lowest BCUT2D eigenvalue weighted by Crippen LogP contribution is -2.13. The molecule has 0 saturated carbocycles. The van der Waals surface area contributed by atoms with Gasteiger partial charge in [-0.05, 0) is 50.2 Å². The second-order valence-corrected chi connectivity index (χ2v) is 7.09. The lowest BCUT2D eigenvalue weighted by Gasteiger charge is -2.05. The molecule has 0 fully saturated rings. The number of nitrogens with one attached hydrogen (secondary N) is 1. The number of hydrogen-bond acceptors (Lipinski definition) is 8. The van der Waals surface area contributed by atoms with Gasteiger partial charge in [-0.3, -0.25) is 10.1 Å². The summed E-state index contributed by atoms with van der Waals surface area (Å²) in [7, 11) is 0. The number of aryl methyl sites for hydroxylation is 1. The van der Waals surface area contributed by atoms with Crippen LogP contribution in [0.4, 0.5) is 5.88 Å². The Labute approximate surface area is 170 Å². The smallest absolute Gasteiger partial charge is 0.237 e. The number of aromatic nitrogens is 5. The number of carbonyl (C=O) groups is 1. The number of fused-ring (bicyclic) bond motifs is 1. The van der Waals surface area contributed by atoms with Gasteiger partial charge in [0.1, 0.15) is 10.8 Å². The number of benzene rings is 1. The summed E-state index contributed by atoms with van der Waals surface area (Å²) in [4.78, 5) is 12.1. The van der Waals surface area contributed by atoms with E-state index in [1.165, 1.54) is 11.8 Å². The molecule has 1 N–H and O–H groups in total. The van der Waals surface area contributed by atoms with E-state index >= 15 is 0 Å². The maximum Gasteiger partial charge on any atom is 0.237 e. The molecule has 148 valence electrons. The molecule has 0 aliphatic heterocycles. The van der Waals surface area contributed by atoms with E-state index in [0.717, 1.165) is 11.3 Å². The number of ether oxygens (including phenoxy) is 1. The van der Waals surface area contributed by atoms with Crippen LogP contribution in [0.5, 0.6) is 5.75 Å². The van der Waals surface area contributed by atoms with Crippen molar-refractivity contribution in [2.75, 3.05) is 17.7 Å². The van der Waals surface area contributed by atoms with E-state index in [0.29, 0.717) is 34.7 Å². The molecule has 0 bridgehead atoms. The maximum atomic E-state index is 12.1. The van der Waals surface area contributed by atoms with Crippen LogP contribution < -0.4 is 10.1 Å². The molecule has 0 saturated heterocycles. The molecular formula is C19H18N6O3S. The fourth-order valence-electron chi connectivity index (χ4n) is 2.63. The third kappa shape index (κ3) is 4.37. The predicted molar refractivity (Wildman–Crippen MR) is 108 cm³/mol. The fourth-order valence-corrected chi connectivity index (χ4v) is 3.29. The summed E-state index contributed by atoms with van der Waals surface area (Å²) in [5.41, 5.74) is 2.20. The molecule has 9 nitrogen and oxygen atoms in total. The molecule has 0 aliphatic carbocycles. The Hall–Kier alpha value is -3.40. The van der Waals surface area contributed by atoms with Gasteiger partial charge in [0.05, 0.1) is 18.1 Å². The number of anilines is 1. The Morgan fingerprint density at radius 3 is 2.76 bits per heavy atom. The van der Waals surface area contributed by atoms with E-state index in [9.17, 15) is 4.79 Å². The van der Waals surface area contributed by atoms with Gasteiger partial charge in [0.2, 0.25) is 11.8 Å². The maximum absolute atomic E-state index is 12.1. The lowest BCUT2D eigenvalue weighted by molar-refractivity contribution is -0.113. The minimum absolute atomic E-state index is 0.179. The van der Waals surface area contributed by atoms with Crippen molar-refractivity contribution in [3.63, 3.8) is 0 Å². The molecule has 3 aromatic heterocycles. The van der Waals surface area contributed by atoms with Gasteiger partial charge in [-0.25, -0.2) is 0 Å². The minimum Gasteiger partial charge on any atom is -0.494 e. The van der Waals surface area contributed by atoms with E-state index in [1.54, 1.807) is 17.5 Å². The Kier molecular flexibility index (Phi) is 5.43. The van der Waals surface area contributed by atoms with Gasteiger partial charge in [0.25, 0.3) is 0 Å². The second kappa shape index (κ2) is 8.31. The summed E-state index contributed by atoms with van der Waals surface area (Å²) in [6, 6.07) is 12.9. The fraction of sp³-hybridized carbons (Fsp3) is 0.211. The Balaban J connectivity index is 1.48. The van der Waals surface area contributed by atoms with Crippen LogP contribution in [0.3, 0.4) is 0 Å². The van der Waals surface area contributed by atoms with Crippen molar-refractivity contribution in [3.05, 3.63) is 48.2 Å². The normalized spacial score (nSPS) is 11.0. The van der Waals surface area contributed by atoms with Gasteiger partial charge in [-0.1, -0.05) is 16.9 Å². The van der Waals surface area contributed by atoms with Gasteiger partial charge < -0.3 is 9.26 Å². The van der Waals surface area contributed by atoms with Crippen LogP contribution in [0, 0.1) is 6.92 Å².